The Morgan fingerprint density at radius 3 is 2.81 bits per heavy atom. The molecule has 32 heavy (non-hydrogen) atoms. The van der Waals surface area contributed by atoms with Gasteiger partial charge in [-0.3, -0.25) is 14.3 Å². The number of carbonyl (C=O) groups excluding carboxylic acids is 2. The quantitative estimate of drug-likeness (QED) is 0.509. The van der Waals surface area contributed by atoms with Gasteiger partial charge in [0.25, 0.3) is 11.8 Å². The maximum absolute atomic E-state index is 12.9. The third kappa shape index (κ3) is 3.64. The van der Waals surface area contributed by atoms with Crippen molar-refractivity contribution in [2.75, 3.05) is 11.9 Å². The van der Waals surface area contributed by atoms with Crippen molar-refractivity contribution in [2.45, 2.75) is 26.4 Å². The molecule has 0 saturated carbocycles. The lowest BCUT2D eigenvalue weighted by Crippen LogP contribution is -2.40. The number of hydrogen-bond donors (Lipinski definition) is 2. The van der Waals surface area contributed by atoms with E-state index < -0.39 is 0 Å². The van der Waals surface area contributed by atoms with Gasteiger partial charge >= 0.3 is 0 Å². The van der Waals surface area contributed by atoms with Gasteiger partial charge in [-0.25, -0.2) is 4.98 Å². The summed E-state index contributed by atoms with van der Waals surface area (Å²) in [5.41, 5.74) is 3.26. The molecule has 0 unspecified atom stereocenters. The predicted molar refractivity (Wildman–Crippen MR) is 122 cm³/mol. The summed E-state index contributed by atoms with van der Waals surface area (Å²) in [5, 5.41) is 11.0. The first kappa shape index (κ1) is 20.0. The number of rotatable bonds is 5. The van der Waals surface area contributed by atoms with E-state index in [1.165, 1.54) is 0 Å². The summed E-state index contributed by atoms with van der Waals surface area (Å²) in [6.45, 7) is 5.39. The third-order valence-electron chi connectivity index (χ3n) is 5.80. The minimum Gasteiger partial charge on any atom is -0.349 e. The van der Waals surface area contributed by atoms with Crippen molar-refractivity contribution in [1.29, 1.82) is 0 Å². The molecule has 1 aliphatic rings. The molecular formula is C24H24N6O2. The van der Waals surface area contributed by atoms with Crippen LogP contribution in [0.1, 0.15) is 46.4 Å². The Hall–Kier alpha value is -3.94. The second-order valence-electron chi connectivity index (χ2n) is 8.40. The van der Waals surface area contributed by atoms with Crippen molar-refractivity contribution < 1.29 is 9.59 Å². The average Bonchev–Trinajstić information content (AvgIpc) is 3.39. The summed E-state index contributed by atoms with van der Waals surface area (Å²) in [6.07, 6.45) is 3.42. The van der Waals surface area contributed by atoms with Crippen molar-refractivity contribution in [3.8, 4) is 0 Å². The van der Waals surface area contributed by atoms with E-state index in [1.54, 1.807) is 23.1 Å². The van der Waals surface area contributed by atoms with Crippen LogP contribution in [0.4, 0.5) is 5.69 Å². The zero-order chi connectivity index (χ0) is 22.2. The van der Waals surface area contributed by atoms with Gasteiger partial charge in [-0.1, -0.05) is 44.2 Å². The Morgan fingerprint density at radius 2 is 2.03 bits per heavy atom. The van der Waals surface area contributed by atoms with Crippen LogP contribution in [0.15, 0.2) is 60.9 Å². The molecule has 2 amide bonds. The highest BCUT2D eigenvalue weighted by Gasteiger charge is 2.30. The monoisotopic (exact) mass is 428 g/mol. The van der Waals surface area contributed by atoms with Crippen molar-refractivity contribution in [3.05, 3.63) is 77.9 Å². The molecule has 8 heteroatoms. The number of benzene rings is 1. The van der Waals surface area contributed by atoms with Gasteiger partial charge in [-0.05, 0) is 29.7 Å². The van der Waals surface area contributed by atoms with E-state index in [4.69, 9.17) is 0 Å². The van der Waals surface area contributed by atoms with Gasteiger partial charge in [-0.15, -0.1) is 0 Å². The molecule has 3 aromatic heterocycles. The first-order chi connectivity index (χ1) is 15.5. The Labute approximate surface area is 185 Å². The Bertz CT molecular complexity index is 1300. The second kappa shape index (κ2) is 7.96. The zero-order valence-electron chi connectivity index (χ0n) is 17.9. The number of nitrogens with one attached hydrogen (secondary N) is 2. The van der Waals surface area contributed by atoms with Crippen LogP contribution >= 0.6 is 0 Å². The molecule has 0 spiro atoms. The van der Waals surface area contributed by atoms with Crippen LogP contribution in [0.25, 0.3) is 11.0 Å². The number of fused-ring (bicyclic) bond motifs is 3. The van der Waals surface area contributed by atoms with Crippen LogP contribution in [-0.4, -0.2) is 37.7 Å². The average molecular weight is 428 g/mol. The Balaban J connectivity index is 1.40. The largest absolute Gasteiger partial charge is 0.349 e. The molecule has 2 N–H and O–H groups in total. The predicted octanol–water partition coefficient (Wildman–Crippen LogP) is 3.47. The molecule has 0 fully saturated rings. The molecule has 0 saturated heterocycles. The number of pyridine rings is 1. The fraction of sp³-hybridized carbons (Fsp3) is 0.250. The van der Waals surface area contributed by atoms with Crippen LogP contribution in [0, 0.1) is 5.92 Å². The number of carbonyl (C=O) groups is 2. The smallest absolute Gasteiger partial charge is 0.274 e. The lowest BCUT2D eigenvalue weighted by Gasteiger charge is -2.29. The van der Waals surface area contributed by atoms with Crippen molar-refractivity contribution >= 4 is 28.5 Å². The number of nitrogens with zero attached hydrogens (tertiary/aromatic N) is 4. The van der Waals surface area contributed by atoms with Gasteiger partial charge < -0.3 is 15.2 Å². The fourth-order valence-electron chi connectivity index (χ4n) is 4.13. The van der Waals surface area contributed by atoms with E-state index in [0.29, 0.717) is 41.7 Å². The molecule has 1 aromatic carbocycles. The van der Waals surface area contributed by atoms with Crippen LogP contribution in [0.5, 0.6) is 0 Å². The molecule has 4 heterocycles. The fourth-order valence-corrected chi connectivity index (χ4v) is 4.13. The second-order valence-corrected chi connectivity index (χ2v) is 8.40. The summed E-state index contributed by atoms with van der Waals surface area (Å²) in [6, 6.07) is 15.4. The minimum atomic E-state index is -0.317. The number of aromatic nitrogens is 4. The van der Waals surface area contributed by atoms with E-state index >= 15 is 0 Å². The number of amides is 2. The molecule has 4 aromatic rings. The van der Waals surface area contributed by atoms with Gasteiger partial charge in [0.1, 0.15) is 17.0 Å². The highest BCUT2D eigenvalue weighted by atomic mass is 16.2. The zero-order valence-corrected chi connectivity index (χ0v) is 17.9. The van der Waals surface area contributed by atoms with Crippen molar-refractivity contribution in [1.82, 2.24) is 24.6 Å². The van der Waals surface area contributed by atoms with Crippen LogP contribution < -0.4 is 10.6 Å². The van der Waals surface area contributed by atoms with Crippen LogP contribution in [0.3, 0.4) is 0 Å². The summed E-state index contributed by atoms with van der Waals surface area (Å²) < 4.78 is 3.74. The summed E-state index contributed by atoms with van der Waals surface area (Å²) in [4.78, 5) is 29.9. The number of hydrogen-bond acceptors (Lipinski definition) is 4. The van der Waals surface area contributed by atoms with Gasteiger partial charge in [0, 0.05) is 18.1 Å². The Kier molecular flexibility index (Phi) is 4.97. The van der Waals surface area contributed by atoms with Crippen LogP contribution in [-0.2, 0) is 6.54 Å². The first-order valence-electron chi connectivity index (χ1n) is 10.7. The van der Waals surface area contributed by atoms with Gasteiger partial charge in [-0.2, -0.15) is 5.10 Å². The lowest BCUT2D eigenvalue weighted by atomic mass is 10.0. The molecule has 1 aliphatic heterocycles. The third-order valence-corrected chi connectivity index (χ3v) is 5.80. The van der Waals surface area contributed by atoms with E-state index in [9.17, 15) is 9.59 Å². The molecular weight excluding hydrogens is 404 g/mol. The molecule has 0 aliphatic carbocycles. The Morgan fingerprint density at radius 1 is 1.22 bits per heavy atom. The van der Waals surface area contributed by atoms with E-state index in [2.05, 4.69) is 34.6 Å². The summed E-state index contributed by atoms with van der Waals surface area (Å²) >= 11 is 0. The maximum Gasteiger partial charge on any atom is 0.274 e. The highest BCUT2D eigenvalue weighted by Crippen LogP contribution is 2.30. The minimum absolute atomic E-state index is 0.0854. The molecule has 0 bridgehead atoms. The standard InChI is InChI=1S/C24H24N6O2/c1-15(2)21-12-25-24(32)20-10-17-8-9-19(28-22(17)30(20)21)23(31)27-18-11-26-29(14-18)13-16-6-4-3-5-7-16/h3-11,14-15,21H,12-13H2,1-2H3,(H,25,32)(H,27,31)/t21-/m1/s1. The maximum atomic E-state index is 12.9. The molecule has 162 valence electrons. The van der Waals surface area contributed by atoms with Crippen LogP contribution in [0.2, 0.25) is 0 Å². The van der Waals surface area contributed by atoms with Crippen molar-refractivity contribution in [2.24, 2.45) is 5.92 Å². The van der Waals surface area contributed by atoms with Gasteiger partial charge in [0.15, 0.2) is 0 Å². The van der Waals surface area contributed by atoms with E-state index in [-0.39, 0.29) is 17.9 Å². The normalized spacial score (nSPS) is 15.6. The topological polar surface area (TPSA) is 93.8 Å². The van der Waals surface area contributed by atoms with Gasteiger partial charge in [0.05, 0.1) is 24.5 Å². The molecule has 8 nitrogen and oxygen atoms in total. The van der Waals surface area contributed by atoms with Gasteiger partial charge in [0.2, 0.25) is 0 Å². The summed E-state index contributed by atoms with van der Waals surface area (Å²) in [5.74, 6) is -0.125. The van der Waals surface area contributed by atoms with Crippen molar-refractivity contribution in [3.63, 3.8) is 0 Å². The lowest BCUT2D eigenvalue weighted by molar-refractivity contribution is 0.0906. The van der Waals surface area contributed by atoms with E-state index in [0.717, 1.165) is 10.9 Å². The first-order valence-corrected chi connectivity index (χ1v) is 10.7. The molecule has 1 atom stereocenters. The highest BCUT2D eigenvalue weighted by molar-refractivity contribution is 6.04. The molecule has 0 radical (unpaired) electrons. The summed E-state index contributed by atoms with van der Waals surface area (Å²) in [7, 11) is 0. The number of anilines is 1. The molecule has 5 rings (SSSR count). The SMILES string of the molecule is CC(C)[C@H]1CNC(=O)c2cc3ccc(C(=O)Nc4cnn(Cc5ccccc5)c4)nc3n21. The van der Waals surface area contributed by atoms with E-state index in [1.807, 2.05) is 47.0 Å².